The van der Waals surface area contributed by atoms with Crippen LogP contribution >= 0.6 is 11.3 Å². The zero-order valence-electron chi connectivity index (χ0n) is 11.4. The van der Waals surface area contributed by atoms with Crippen molar-refractivity contribution in [2.24, 2.45) is 0 Å². The predicted molar refractivity (Wildman–Crippen MR) is 75.8 cm³/mol. The third kappa shape index (κ3) is 3.02. The maximum absolute atomic E-state index is 12.1. The van der Waals surface area contributed by atoms with Crippen LogP contribution in [0.3, 0.4) is 0 Å². The number of nitrogens with zero attached hydrogens (tertiary/aromatic N) is 1. The molecule has 0 radical (unpaired) electrons. The van der Waals surface area contributed by atoms with Gasteiger partial charge in [0.2, 0.25) is 0 Å². The number of carbonyl (C=O) groups is 1. The van der Waals surface area contributed by atoms with Gasteiger partial charge in [0.1, 0.15) is 16.8 Å². The fraction of sp³-hybridized carbons (Fsp3) is 0.714. The van der Waals surface area contributed by atoms with Gasteiger partial charge in [-0.2, -0.15) is 0 Å². The van der Waals surface area contributed by atoms with E-state index in [0.29, 0.717) is 12.2 Å². The van der Waals surface area contributed by atoms with Crippen molar-refractivity contribution in [1.82, 2.24) is 10.3 Å². The van der Waals surface area contributed by atoms with Gasteiger partial charge in [-0.1, -0.05) is 12.8 Å². The van der Waals surface area contributed by atoms with Crippen molar-refractivity contribution < 1.29 is 14.6 Å². The number of nitrogens with one attached hydrogen (secondary N) is 1. The molecule has 2 heterocycles. The maximum Gasteiger partial charge on any atom is 0.270 e. The van der Waals surface area contributed by atoms with Gasteiger partial charge in [0.25, 0.3) is 5.91 Å². The molecule has 5 nitrogen and oxygen atoms in total. The van der Waals surface area contributed by atoms with Crippen LogP contribution in [0.5, 0.6) is 0 Å². The number of aromatic nitrogens is 1. The van der Waals surface area contributed by atoms with E-state index < -0.39 is 5.60 Å². The van der Waals surface area contributed by atoms with Crippen molar-refractivity contribution in [3.63, 3.8) is 0 Å². The lowest BCUT2D eigenvalue weighted by Crippen LogP contribution is -2.40. The largest absolute Gasteiger partial charge is 0.388 e. The molecule has 1 aliphatic carbocycles. The predicted octanol–water partition coefficient (Wildman–Crippen LogP) is 2.03. The van der Waals surface area contributed by atoms with Gasteiger partial charge in [0.05, 0.1) is 5.60 Å². The lowest BCUT2D eigenvalue weighted by atomic mass is 10.0. The molecule has 0 bridgehead atoms. The van der Waals surface area contributed by atoms with Gasteiger partial charge < -0.3 is 15.2 Å². The van der Waals surface area contributed by atoms with Crippen molar-refractivity contribution in [1.29, 1.82) is 0 Å². The zero-order chi connectivity index (χ0) is 14.0. The van der Waals surface area contributed by atoms with E-state index in [2.05, 4.69) is 10.3 Å². The average Bonchev–Trinajstić information content (AvgIpc) is 3.16. The number of ether oxygens (including phenoxy) is 1. The third-order valence-corrected chi connectivity index (χ3v) is 5.01. The van der Waals surface area contributed by atoms with Gasteiger partial charge in [-0.3, -0.25) is 4.79 Å². The summed E-state index contributed by atoms with van der Waals surface area (Å²) in [5.74, 6) is -0.203. The van der Waals surface area contributed by atoms with E-state index in [-0.39, 0.29) is 12.0 Å². The Morgan fingerprint density at radius 1 is 1.50 bits per heavy atom. The molecule has 6 heteroatoms. The standard InChI is InChI=1S/C14H20N2O3S/c17-12(15-9-14(18)5-1-2-6-14)10-8-20-13(16-10)11-4-3-7-19-11/h8,11,18H,1-7,9H2,(H,15,17). The van der Waals surface area contributed by atoms with Gasteiger partial charge in [0.15, 0.2) is 0 Å². The SMILES string of the molecule is O=C(NCC1(O)CCCC1)c1csc(C2CCCO2)n1. The highest BCUT2D eigenvalue weighted by Crippen LogP contribution is 2.31. The van der Waals surface area contributed by atoms with E-state index in [1.807, 2.05) is 0 Å². The normalized spacial score (nSPS) is 24.9. The molecule has 1 amide bonds. The zero-order valence-corrected chi connectivity index (χ0v) is 12.2. The summed E-state index contributed by atoms with van der Waals surface area (Å²) in [6.07, 6.45) is 5.70. The summed E-state index contributed by atoms with van der Waals surface area (Å²) in [4.78, 5) is 16.4. The van der Waals surface area contributed by atoms with E-state index in [1.165, 1.54) is 11.3 Å². The number of amides is 1. The molecular formula is C14H20N2O3S. The molecule has 110 valence electrons. The molecule has 1 atom stereocenters. The summed E-state index contributed by atoms with van der Waals surface area (Å²) in [5, 5.41) is 15.7. The average molecular weight is 296 g/mol. The van der Waals surface area contributed by atoms with Crippen molar-refractivity contribution in [2.45, 2.75) is 50.2 Å². The summed E-state index contributed by atoms with van der Waals surface area (Å²) in [7, 11) is 0. The minimum Gasteiger partial charge on any atom is -0.388 e. The molecule has 1 saturated heterocycles. The summed E-state index contributed by atoms with van der Waals surface area (Å²) in [6.45, 7) is 1.09. The Hall–Kier alpha value is -0.980. The number of hydrogen-bond acceptors (Lipinski definition) is 5. The van der Waals surface area contributed by atoms with Gasteiger partial charge in [-0.05, 0) is 25.7 Å². The number of carbonyl (C=O) groups excluding carboxylic acids is 1. The van der Waals surface area contributed by atoms with Gasteiger partial charge in [-0.15, -0.1) is 11.3 Å². The van der Waals surface area contributed by atoms with Crippen LogP contribution in [0.4, 0.5) is 0 Å². The van der Waals surface area contributed by atoms with Crippen LogP contribution < -0.4 is 5.32 Å². The Morgan fingerprint density at radius 3 is 3.00 bits per heavy atom. The minimum absolute atomic E-state index is 0.0561. The highest BCUT2D eigenvalue weighted by Gasteiger charge is 2.31. The molecule has 1 saturated carbocycles. The van der Waals surface area contributed by atoms with Gasteiger partial charge in [-0.25, -0.2) is 4.98 Å². The highest BCUT2D eigenvalue weighted by molar-refractivity contribution is 7.09. The number of aliphatic hydroxyl groups is 1. The van der Waals surface area contributed by atoms with Gasteiger partial charge >= 0.3 is 0 Å². The fourth-order valence-electron chi connectivity index (χ4n) is 2.86. The molecule has 1 aromatic heterocycles. The van der Waals surface area contributed by atoms with E-state index in [0.717, 1.165) is 50.1 Å². The first kappa shape index (κ1) is 14.0. The van der Waals surface area contributed by atoms with Crippen molar-refractivity contribution in [3.05, 3.63) is 16.1 Å². The van der Waals surface area contributed by atoms with Crippen molar-refractivity contribution >= 4 is 17.2 Å². The molecule has 0 aromatic carbocycles. The Bertz CT molecular complexity index is 477. The van der Waals surface area contributed by atoms with Crippen LogP contribution in [0.2, 0.25) is 0 Å². The molecule has 1 aromatic rings. The van der Waals surface area contributed by atoms with E-state index in [1.54, 1.807) is 5.38 Å². The molecule has 0 spiro atoms. The molecule has 20 heavy (non-hydrogen) atoms. The van der Waals surface area contributed by atoms with Crippen LogP contribution in [0.1, 0.15) is 60.1 Å². The first-order valence-electron chi connectivity index (χ1n) is 7.24. The number of rotatable bonds is 4. The van der Waals surface area contributed by atoms with Crippen LogP contribution in [0.15, 0.2) is 5.38 Å². The minimum atomic E-state index is -0.719. The van der Waals surface area contributed by atoms with Crippen LogP contribution in [0.25, 0.3) is 0 Å². The Morgan fingerprint density at radius 2 is 2.30 bits per heavy atom. The molecule has 2 N–H and O–H groups in total. The topological polar surface area (TPSA) is 71.5 Å². The first-order valence-corrected chi connectivity index (χ1v) is 8.12. The van der Waals surface area contributed by atoms with Crippen molar-refractivity contribution in [2.75, 3.05) is 13.2 Å². The molecule has 1 unspecified atom stereocenters. The molecule has 3 rings (SSSR count). The van der Waals surface area contributed by atoms with Crippen LogP contribution in [0, 0.1) is 0 Å². The quantitative estimate of drug-likeness (QED) is 0.892. The Labute approximate surface area is 122 Å². The lowest BCUT2D eigenvalue weighted by molar-refractivity contribution is 0.0448. The van der Waals surface area contributed by atoms with Crippen molar-refractivity contribution in [3.8, 4) is 0 Å². The summed E-state index contributed by atoms with van der Waals surface area (Å²) >= 11 is 1.47. The first-order chi connectivity index (χ1) is 9.66. The van der Waals surface area contributed by atoms with E-state index in [9.17, 15) is 9.90 Å². The smallest absolute Gasteiger partial charge is 0.270 e. The second kappa shape index (κ2) is 5.79. The Balaban J connectivity index is 1.57. The summed E-state index contributed by atoms with van der Waals surface area (Å²) in [6, 6.07) is 0. The maximum atomic E-state index is 12.1. The molecule has 1 aliphatic heterocycles. The number of hydrogen-bond donors (Lipinski definition) is 2. The van der Waals surface area contributed by atoms with Gasteiger partial charge in [0, 0.05) is 18.5 Å². The Kier molecular flexibility index (Phi) is 4.05. The third-order valence-electron chi connectivity index (χ3n) is 4.07. The second-order valence-electron chi connectivity index (χ2n) is 5.69. The molecular weight excluding hydrogens is 276 g/mol. The lowest BCUT2D eigenvalue weighted by Gasteiger charge is -2.21. The van der Waals surface area contributed by atoms with E-state index >= 15 is 0 Å². The summed E-state index contributed by atoms with van der Waals surface area (Å²) < 4.78 is 5.57. The van der Waals surface area contributed by atoms with E-state index in [4.69, 9.17) is 4.74 Å². The number of thiazole rings is 1. The highest BCUT2D eigenvalue weighted by atomic mass is 32.1. The summed E-state index contributed by atoms with van der Waals surface area (Å²) in [5.41, 5.74) is -0.287. The van der Waals surface area contributed by atoms with Crippen LogP contribution in [-0.2, 0) is 4.74 Å². The molecule has 2 fully saturated rings. The second-order valence-corrected chi connectivity index (χ2v) is 6.58. The molecule has 2 aliphatic rings. The fourth-order valence-corrected chi connectivity index (χ4v) is 3.74. The monoisotopic (exact) mass is 296 g/mol. The van der Waals surface area contributed by atoms with Crippen LogP contribution in [-0.4, -0.2) is 34.8 Å².